The van der Waals surface area contributed by atoms with E-state index in [1.807, 2.05) is 0 Å². The fourth-order valence-electron chi connectivity index (χ4n) is 5.59. The van der Waals surface area contributed by atoms with Gasteiger partial charge < -0.3 is 84.6 Å². The summed E-state index contributed by atoms with van der Waals surface area (Å²) in [5.74, 6) is -3.42. The summed E-state index contributed by atoms with van der Waals surface area (Å²) >= 11 is 0. The second kappa shape index (κ2) is 17.5. The van der Waals surface area contributed by atoms with Gasteiger partial charge >= 0.3 is 11.9 Å². The number of hydrogen-bond donors (Lipinski definition) is 11. The zero-order valence-electron chi connectivity index (χ0n) is 25.8. The number of aliphatic hydroxyl groups excluding tert-OH is 11. The van der Waals surface area contributed by atoms with Gasteiger partial charge in [0.1, 0.15) is 67.1 Å². The van der Waals surface area contributed by atoms with Crippen molar-refractivity contribution in [1.82, 2.24) is 0 Å². The molecule has 3 saturated heterocycles. The minimum absolute atomic E-state index is 0.185. The molecule has 0 bridgehead atoms. The van der Waals surface area contributed by atoms with Gasteiger partial charge in [-0.25, -0.2) is 0 Å². The molecule has 3 fully saturated rings. The van der Waals surface area contributed by atoms with E-state index < -0.39 is 118 Å². The van der Waals surface area contributed by atoms with Crippen LogP contribution in [0.4, 0.5) is 0 Å². The van der Waals surface area contributed by atoms with Crippen molar-refractivity contribution in [1.29, 1.82) is 0 Å². The molecule has 3 aliphatic heterocycles. The molecule has 0 aromatic carbocycles. The van der Waals surface area contributed by atoms with Gasteiger partial charge in [-0.05, 0) is 12.3 Å². The average molecular weight is 675 g/mol. The summed E-state index contributed by atoms with van der Waals surface area (Å²) in [6, 6.07) is 0. The van der Waals surface area contributed by atoms with Crippen molar-refractivity contribution in [2.24, 2.45) is 5.92 Å². The summed E-state index contributed by atoms with van der Waals surface area (Å²) in [6.07, 6.45) is -22.5. The van der Waals surface area contributed by atoms with Crippen LogP contribution in [0.2, 0.25) is 0 Å². The highest BCUT2D eigenvalue weighted by atomic mass is 16.9. The van der Waals surface area contributed by atoms with Crippen LogP contribution in [0.1, 0.15) is 52.4 Å². The predicted molar refractivity (Wildman–Crippen MR) is 149 cm³/mol. The summed E-state index contributed by atoms with van der Waals surface area (Å²) in [7, 11) is 0. The lowest BCUT2D eigenvalue weighted by atomic mass is 9.95. The lowest BCUT2D eigenvalue weighted by Gasteiger charge is -2.51. The molecule has 18 heteroatoms. The van der Waals surface area contributed by atoms with Gasteiger partial charge in [0.05, 0.1) is 19.8 Å². The third-order valence-electron chi connectivity index (χ3n) is 8.33. The molecule has 0 radical (unpaired) electrons. The molecule has 46 heavy (non-hydrogen) atoms. The Bertz CT molecular complexity index is 921. The van der Waals surface area contributed by atoms with Crippen LogP contribution in [0.15, 0.2) is 0 Å². The number of carbonyl (C=O) groups excluding carboxylic acids is 1. The van der Waals surface area contributed by atoms with E-state index in [1.54, 1.807) is 0 Å². The minimum Gasteiger partial charge on any atom is -0.405 e. The molecule has 0 saturated carbocycles. The summed E-state index contributed by atoms with van der Waals surface area (Å²) < 4.78 is 32.6. The molecule has 18 nitrogen and oxygen atoms in total. The van der Waals surface area contributed by atoms with Crippen LogP contribution < -0.4 is 0 Å². The molecule has 0 amide bonds. The molecule has 2 unspecified atom stereocenters. The van der Waals surface area contributed by atoms with Gasteiger partial charge in [-0.2, -0.15) is 0 Å². The number of aliphatic hydroxyl groups is 11. The molecule has 3 aliphatic rings. The summed E-state index contributed by atoms with van der Waals surface area (Å²) in [6.45, 7) is 1.48. The fraction of sp³-hybridized carbons (Fsp3) is 0.964. The molecule has 11 N–H and O–H groups in total. The molecule has 0 aromatic heterocycles. The van der Waals surface area contributed by atoms with Crippen molar-refractivity contribution in [2.75, 3.05) is 19.8 Å². The van der Waals surface area contributed by atoms with Crippen molar-refractivity contribution >= 4 is 5.97 Å². The molecule has 0 aromatic rings. The lowest BCUT2D eigenvalue weighted by Crippen LogP contribution is -2.71. The van der Waals surface area contributed by atoms with E-state index in [2.05, 4.69) is 13.8 Å². The molecular formula is C28H50O18. The predicted octanol–water partition coefficient (Wildman–Crippen LogP) is -4.71. The minimum atomic E-state index is -2.98. The lowest BCUT2D eigenvalue weighted by molar-refractivity contribution is -0.473. The zero-order chi connectivity index (χ0) is 34.3. The Morgan fingerprint density at radius 2 is 1.28 bits per heavy atom. The number of unbranched alkanes of at least 4 members (excludes halogenated alkanes) is 3. The number of esters is 1. The average Bonchev–Trinajstić information content (AvgIpc) is 3.02. The monoisotopic (exact) mass is 674 g/mol. The molecule has 0 spiro atoms. The van der Waals surface area contributed by atoms with Crippen LogP contribution >= 0.6 is 0 Å². The van der Waals surface area contributed by atoms with Crippen molar-refractivity contribution in [2.45, 2.75) is 144 Å². The van der Waals surface area contributed by atoms with Gasteiger partial charge in [0.25, 0.3) is 0 Å². The Kier molecular flexibility index (Phi) is 14.9. The van der Waals surface area contributed by atoms with E-state index in [-0.39, 0.29) is 6.42 Å². The fourth-order valence-corrected chi connectivity index (χ4v) is 5.59. The number of ether oxygens (including phenoxy) is 6. The van der Waals surface area contributed by atoms with Gasteiger partial charge in [-0.15, -0.1) is 0 Å². The van der Waals surface area contributed by atoms with E-state index >= 15 is 0 Å². The van der Waals surface area contributed by atoms with Crippen LogP contribution in [0.3, 0.4) is 0 Å². The second-order valence-corrected chi connectivity index (χ2v) is 12.3. The zero-order valence-corrected chi connectivity index (χ0v) is 25.8. The Labute approximate surface area is 265 Å². The number of hydrogen-bond acceptors (Lipinski definition) is 18. The molecule has 3 rings (SSSR count). The van der Waals surface area contributed by atoms with Crippen molar-refractivity contribution in [3.05, 3.63) is 0 Å². The topological polar surface area (TPSA) is 295 Å². The maximum atomic E-state index is 12.9. The summed E-state index contributed by atoms with van der Waals surface area (Å²) in [4.78, 5) is 12.9. The quantitative estimate of drug-likeness (QED) is 0.0442. The first-order valence-electron chi connectivity index (χ1n) is 15.5. The van der Waals surface area contributed by atoms with Crippen molar-refractivity contribution < 1.29 is 89.4 Å². The van der Waals surface area contributed by atoms with Crippen molar-refractivity contribution in [3.63, 3.8) is 0 Å². The van der Waals surface area contributed by atoms with Crippen LogP contribution in [0.25, 0.3) is 0 Å². The molecular weight excluding hydrogens is 624 g/mol. The van der Waals surface area contributed by atoms with Crippen LogP contribution in [0, 0.1) is 5.92 Å². The number of rotatable bonds is 15. The van der Waals surface area contributed by atoms with E-state index in [0.717, 1.165) is 19.3 Å². The van der Waals surface area contributed by atoms with Crippen LogP contribution in [-0.2, 0) is 33.2 Å². The Morgan fingerprint density at radius 3 is 1.89 bits per heavy atom. The van der Waals surface area contributed by atoms with E-state index in [1.165, 1.54) is 0 Å². The maximum Gasteiger partial charge on any atom is 0.360 e. The smallest absolute Gasteiger partial charge is 0.360 e. The van der Waals surface area contributed by atoms with Gasteiger partial charge in [-0.3, -0.25) is 4.79 Å². The standard InChI is InChI=1S/C28H50O18/c1-12(2)7-5-3-4-6-8-16(32)45-28(25(39)20(36)17(33)13(9-29)44-28)46-24-15(11-31)42-27(22(38)19(24)35)43-23-14(10-30)41-26(40)21(37)18(23)34/h12-15,17-27,29-31,33-40H,3-11H2,1-2H3/t13-,14-,15-,17-,18-,19-,20+,21-,22-,23-,24-,25-,26+,27?,28?/m1/s1. The van der Waals surface area contributed by atoms with Gasteiger partial charge in [0, 0.05) is 6.42 Å². The first-order chi connectivity index (χ1) is 21.7. The van der Waals surface area contributed by atoms with Gasteiger partial charge in [0.2, 0.25) is 0 Å². The highest BCUT2D eigenvalue weighted by Crippen LogP contribution is 2.38. The molecule has 270 valence electrons. The Hall–Kier alpha value is -1.17. The van der Waals surface area contributed by atoms with E-state index in [4.69, 9.17) is 28.4 Å². The highest BCUT2D eigenvalue weighted by Gasteiger charge is 2.61. The first kappa shape index (κ1) is 39.3. The second-order valence-electron chi connectivity index (χ2n) is 12.3. The maximum absolute atomic E-state index is 12.9. The van der Waals surface area contributed by atoms with Crippen LogP contribution in [-0.4, -0.2) is 174 Å². The highest BCUT2D eigenvalue weighted by molar-refractivity contribution is 5.69. The Balaban J connectivity index is 1.79. The normalized spacial score (nSPS) is 43.5. The van der Waals surface area contributed by atoms with E-state index in [9.17, 15) is 61.0 Å². The first-order valence-corrected chi connectivity index (χ1v) is 15.5. The van der Waals surface area contributed by atoms with Crippen LogP contribution in [0.5, 0.6) is 0 Å². The molecule has 15 atom stereocenters. The third kappa shape index (κ3) is 9.08. The summed E-state index contributed by atoms with van der Waals surface area (Å²) in [5.41, 5.74) is 0. The largest absolute Gasteiger partial charge is 0.405 e. The SMILES string of the molecule is CC(C)CCCCCCC(=O)OC1(O[C@H]2[C@H](O)[C@@H](O)C(O[C@H]3[C@H](O)[C@@H](O)[C@@H](O)O[C@@H]3CO)O[C@@H]2CO)O[C@H](CO)[C@@H](O)[C@H](O)[C@H]1O. The van der Waals surface area contributed by atoms with Crippen molar-refractivity contribution in [3.8, 4) is 0 Å². The van der Waals surface area contributed by atoms with Gasteiger partial charge in [0.15, 0.2) is 18.7 Å². The third-order valence-corrected chi connectivity index (χ3v) is 8.33. The summed E-state index contributed by atoms with van der Waals surface area (Å²) in [5, 5.41) is 113. The van der Waals surface area contributed by atoms with E-state index in [0.29, 0.717) is 18.8 Å². The number of carbonyl (C=O) groups is 1. The molecule has 3 heterocycles. The van der Waals surface area contributed by atoms with Gasteiger partial charge in [-0.1, -0.05) is 39.5 Å². The Morgan fingerprint density at radius 1 is 0.696 bits per heavy atom. The molecule has 0 aliphatic carbocycles.